The van der Waals surface area contributed by atoms with Gasteiger partial charge in [0.1, 0.15) is 89.9 Å². The van der Waals surface area contributed by atoms with Gasteiger partial charge in [-0.05, 0) is 48.5 Å². The van der Waals surface area contributed by atoms with Gasteiger partial charge in [-0.25, -0.2) is 33.7 Å². The predicted octanol–water partition coefficient (Wildman–Crippen LogP) is -10.4. The Balaban J connectivity index is 0.00000361. The molecule has 3 aliphatic rings. The molecular weight excluding hydrogens is 1100 g/mol. The molecule has 0 saturated heterocycles. The zero-order valence-corrected chi connectivity index (χ0v) is 52.6. The Labute approximate surface area is 518 Å². The number of rotatable bonds is 4. The maximum absolute atomic E-state index is 13.0. The Morgan fingerprint density at radius 1 is 0.257 bits per heavy atom. The molecule has 1 aliphatic carbocycles. The van der Waals surface area contributed by atoms with Crippen LogP contribution in [0.25, 0.3) is 0 Å². The van der Waals surface area contributed by atoms with Gasteiger partial charge in [-0.3, -0.25) is 0 Å². The van der Waals surface area contributed by atoms with E-state index >= 15 is 0 Å². The minimum absolute atomic E-state index is 0. The molecule has 0 fully saturated rings. The van der Waals surface area contributed by atoms with E-state index in [0.717, 1.165) is 48.5 Å². The molecule has 12 bridgehead atoms. The summed E-state index contributed by atoms with van der Waals surface area (Å²) in [6, 6.07) is 7.90. The summed E-state index contributed by atoms with van der Waals surface area (Å²) in [5.74, 6) is -0.360. The van der Waals surface area contributed by atoms with Gasteiger partial charge >= 0.3 is 118 Å². The van der Waals surface area contributed by atoms with E-state index in [0.29, 0.717) is 0 Å². The van der Waals surface area contributed by atoms with E-state index in [1.165, 1.54) is 0 Å². The first-order valence-corrected chi connectivity index (χ1v) is 27.3. The summed E-state index contributed by atoms with van der Waals surface area (Å²) < 4.78 is 215. The van der Waals surface area contributed by atoms with Crippen molar-refractivity contribution in [3.8, 4) is 23.0 Å². The first kappa shape index (κ1) is 67.8. The summed E-state index contributed by atoms with van der Waals surface area (Å²) in [6.07, 6.45) is -2.08. The van der Waals surface area contributed by atoms with E-state index in [4.69, 9.17) is 47.4 Å². The van der Waals surface area contributed by atoms with Crippen LogP contribution in [-0.4, -0.2) is 158 Å². The summed E-state index contributed by atoms with van der Waals surface area (Å²) in [5, 5.41) is 0. The first-order chi connectivity index (χ1) is 33.3. The van der Waals surface area contributed by atoms with Crippen molar-refractivity contribution in [2.24, 2.45) is 0 Å². The van der Waals surface area contributed by atoms with Gasteiger partial charge in [0.25, 0.3) is 0 Å². The molecule has 0 atom stereocenters. The second-order valence-electron chi connectivity index (χ2n) is 15.9. The van der Waals surface area contributed by atoms with Gasteiger partial charge in [0.2, 0.25) is 0 Å². The van der Waals surface area contributed by atoms with Crippen LogP contribution in [-0.2, 0) is 94.6 Å². The van der Waals surface area contributed by atoms with Crippen LogP contribution in [0.4, 0.5) is 0 Å². The maximum Gasteiger partial charge on any atom is 1.00 e. The van der Waals surface area contributed by atoms with Gasteiger partial charge in [-0.2, -0.15) is 0 Å². The Morgan fingerprint density at radius 2 is 0.392 bits per heavy atom. The topological polar surface area (TPSA) is 321 Å². The average molecular weight is 1150 g/mol. The van der Waals surface area contributed by atoms with Crippen molar-refractivity contribution in [2.75, 3.05) is 106 Å². The summed E-state index contributed by atoms with van der Waals surface area (Å²) in [4.78, 5) is -3.18. The molecule has 4 aromatic rings. The Hall–Kier alpha value is -0.520. The monoisotopic (exact) mass is 1150 g/mol. The van der Waals surface area contributed by atoms with Gasteiger partial charge in [-0.1, -0.05) is 0 Å². The second-order valence-corrected chi connectivity index (χ2v) is 21.4. The van der Waals surface area contributed by atoms with Crippen LogP contribution in [0.5, 0.6) is 23.0 Å². The van der Waals surface area contributed by atoms with E-state index < -0.39 is 85.7 Å². The number of hydrogen-bond donors (Lipinski definition) is 0. The van der Waals surface area contributed by atoms with Gasteiger partial charge in [-0.15, -0.1) is 0 Å². The molecule has 22 nitrogen and oxygen atoms in total. The van der Waals surface area contributed by atoms with E-state index in [-0.39, 0.29) is 291 Å². The van der Waals surface area contributed by atoms with Crippen molar-refractivity contribution in [2.45, 2.75) is 45.3 Å². The first-order valence-electron chi connectivity index (χ1n) is 21.7. The van der Waals surface area contributed by atoms with Crippen LogP contribution in [0.2, 0.25) is 0 Å². The van der Waals surface area contributed by atoms with Crippen LogP contribution < -0.4 is 137 Å². The maximum atomic E-state index is 13.0. The zero-order chi connectivity index (χ0) is 50.1. The molecule has 30 heteroatoms. The smallest absolute Gasteiger partial charge is 0.744 e. The minimum Gasteiger partial charge on any atom is -0.744 e. The molecule has 0 saturated carbocycles. The van der Waals surface area contributed by atoms with Crippen molar-refractivity contribution in [3.63, 3.8) is 0 Å². The molecule has 4 aromatic carbocycles. The minimum atomic E-state index is -5.32. The van der Waals surface area contributed by atoms with Crippen molar-refractivity contribution >= 4 is 40.5 Å². The van der Waals surface area contributed by atoms with E-state index in [9.17, 15) is 51.9 Å². The number of ether oxygens (including phenoxy) is 10. The van der Waals surface area contributed by atoms with Gasteiger partial charge < -0.3 is 65.6 Å². The number of hydrogen-bond acceptors (Lipinski definition) is 22. The van der Waals surface area contributed by atoms with Crippen LogP contribution >= 0.6 is 0 Å². The summed E-state index contributed by atoms with van der Waals surface area (Å²) in [6.45, 7) is 0.0941. The van der Waals surface area contributed by atoms with Crippen molar-refractivity contribution in [3.05, 3.63) is 93.0 Å². The van der Waals surface area contributed by atoms with Crippen LogP contribution in [0.1, 0.15) is 44.5 Å². The molecule has 0 aromatic heterocycles. The second kappa shape index (κ2) is 30.9. The van der Waals surface area contributed by atoms with Crippen molar-refractivity contribution in [1.29, 1.82) is 0 Å². The van der Waals surface area contributed by atoms with E-state index in [2.05, 4.69) is 0 Å². The molecule has 0 amide bonds. The zero-order valence-electron chi connectivity index (χ0n) is 41.4. The van der Waals surface area contributed by atoms with E-state index in [1.54, 1.807) is 0 Å². The molecule has 2 aliphatic heterocycles. The third kappa shape index (κ3) is 19.3. The molecule has 7 rings (SSSR count). The Bertz CT molecular complexity index is 2600. The van der Waals surface area contributed by atoms with E-state index in [1.807, 2.05) is 0 Å². The fourth-order valence-electron chi connectivity index (χ4n) is 7.97. The molecule has 74 heavy (non-hydrogen) atoms. The molecule has 0 unspecified atom stereocenters. The average Bonchev–Trinajstić information content (AvgIpc) is 3.26. The normalized spacial score (nSPS) is 17.0. The standard InChI is InChI=1S/C44H52O22S4.4Na/c45-67(46,47)37-21-29-17-30-22-38(68(48,49)50)27-35-20-36-28-40(70(54,55)56)24-32-18-31-23-39(69(51,52)53)26-34(43(31)65-15-11-61-7-3-58-4-8-62-12-16-66-44(32)36)19-33(25-37)41(29)63-13-9-59-5-1-57-2-6-60-10-14-64-42(30)35;;;;/h21-28H,1-20H2,(H,45,46,47)(H,48,49,50)(H,51,52,53)(H,54,55,56);;;;/q;4*+1/p-4. The van der Waals surface area contributed by atoms with Crippen molar-refractivity contribution in [1.82, 2.24) is 0 Å². The molecule has 0 radical (unpaired) electrons. The largest absolute Gasteiger partial charge is 1.00 e. The quantitative estimate of drug-likeness (QED) is 0.119. The summed E-state index contributed by atoms with van der Waals surface area (Å²) >= 11 is 0. The Morgan fingerprint density at radius 3 is 0.527 bits per heavy atom. The number of benzene rings is 4. The third-order valence-electron chi connectivity index (χ3n) is 10.9. The molecule has 0 N–H and O–H groups in total. The fraction of sp³-hybridized carbons (Fsp3) is 0.455. The molecular formula is C44H48Na4O22S4. The molecule has 384 valence electrons. The molecule has 2 heterocycles. The van der Waals surface area contributed by atoms with Crippen LogP contribution in [0.3, 0.4) is 0 Å². The Kier molecular flexibility index (Phi) is 28.3. The summed E-state index contributed by atoms with van der Waals surface area (Å²) in [5.41, 5.74) is -0.613. The van der Waals surface area contributed by atoms with Gasteiger partial charge in [0.15, 0.2) is 0 Å². The third-order valence-corrected chi connectivity index (χ3v) is 14.2. The SMILES string of the molecule is O=S(=O)([O-])c1cc2c3c(c1)Cc1cc(S(=O)(=O)[O-])cc4c1OCCOCCOCCOCCOc1c(cc(S(=O)(=O)[O-])cc1Cc1cc(S(=O)(=O)[O-])cc(c1OCCOCCOCCOCCO3)C2)C4.[Na+].[Na+].[Na+].[Na+]. The van der Waals surface area contributed by atoms with Crippen molar-refractivity contribution < 1.29 is 217 Å². The summed E-state index contributed by atoms with van der Waals surface area (Å²) in [7, 11) is -21.3. The van der Waals surface area contributed by atoms with Gasteiger partial charge in [0, 0.05) is 70.2 Å². The van der Waals surface area contributed by atoms with Gasteiger partial charge in [0.05, 0.1) is 98.9 Å². The predicted molar refractivity (Wildman–Crippen MR) is 236 cm³/mol. The van der Waals surface area contributed by atoms with Crippen LogP contribution in [0, 0.1) is 0 Å². The van der Waals surface area contributed by atoms with Crippen LogP contribution in [0.15, 0.2) is 68.1 Å². The fourth-order valence-corrected chi connectivity index (χ4v) is 10.3. The molecule has 0 spiro atoms.